The second-order valence-corrected chi connectivity index (χ2v) is 5.75. The number of nitrogens with zero attached hydrogens (tertiary/aromatic N) is 1. The number of carbonyl (C=O) groups excluding carboxylic acids is 1. The lowest BCUT2D eigenvalue weighted by Gasteiger charge is -2.31. The van der Waals surface area contributed by atoms with Gasteiger partial charge < -0.3 is 10.2 Å². The molecule has 1 heterocycles. The predicted octanol–water partition coefficient (Wildman–Crippen LogP) is 4.62. The molecule has 0 bridgehead atoms. The summed E-state index contributed by atoms with van der Waals surface area (Å²) >= 11 is 5.60. The van der Waals surface area contributed by atoms with E-state index in [1.807, 2.05) is 6.92 Å². The van der Waals surface area contributed by atoms with Gasteiger partial charge in [0.25, 0.3) is 0 Å². The summed E-state index contributed by atoms with van der Waals surface area (Å²) in [7, 11) is 0. The zero-order valence-electron chi connectivity index (χ0n) is 11.5. The van der Waals surface area contributed by atoms with E-state index in [1.165, 1.54) is 12.1 Å². The molecule has 0 aromatic heterocycles. The van der Waals surface area contributed by atoms with E-state index in [-0.39, 0.29) is 10.7 Å². The van der Waals surface area contributed by atoms with Gasteiger partial charge in [-0.25, -0.2) is 4.79 Å². The van der Waals surface area contributed by atoms with E-state index in [0.29, 0.717) is 19.0 Å². The number of halogens is 4. The molecule has 2 amide bonds. The number of benzene rings is 1. The van der Waals surface area contributed by atoms with Crippen LogP contribution < -0.4 is 5.32 Å². The van der Waals surface area contributed by atoms with Gasteiger partial charge in [-0.1, -0.05) is 18.5 Å². The summed E-state index contributed by atoms with van der Waals surface area (Å²) in [5, 5.41) is 2.32. The molecular formula is C14H16ClF3N2O. The Bertz CT molecular complexity index is 533. The summed E-state index contributed by atoms with van der Waals surface area (Å²) in [6.45, 7) is 3.13. The van der Waals surface area contributed by atoms with Gasteiger partial charge in [0.2, 0.25) is 0 Å². The minimum Gasteiger partial charge on any atom is -0.324 e. The van der Waals surface area contributed by atoms with Gasteiger partial charge in [0.1, 0.15) is 0 Å². The lowest BCUT2D eigenvalue weighted by Crippen LogP contribution is -2.41. The molecule has 0 saturated carbocycles. The number of hydrogen-bond acceptors (Lipinski definition) is 1. The van der Waals surface area contributed by atoms with Crippen molar-refractivity contribution in [3.63, 3.8) is 0 Å². The van der Waals surface area contributed by atoms with E-state index in [2.05, 4.69) is 5.32 Å². The van der Waals surface area contributed by atoms with Gasteiger partial charge in [0.05, 0.1) is 11.3 Å². The third kappa shape index (κ3) is 4.03. The first-order valence-corrected chi connectivity index (χ1v) is 7.08. The number of piperidine rings is 1. The normalized spacial score (nSPS) is 19.5. The van der Waals surface area contributed by atoms with Crippen molar-refractivity contribution in [2.45, 2.75) is 25.9 Å². The maximum absolute atomic E-state index is 13.0. The fraction of sp³-hybridized carbons (Fsp3) is 0.500. The molecule has 1 aliphatic heterocycles. The summed E-state index contributed by atoms with van der Waals surface area (Å²) in [4.78, 5) is 13.6. The summed E-state index contributed by atoms with van der Waals surface area (Å²) < 4.78 is 38.9. The molecule has 0 spiro atoms. The molecular weight excluding hydrogens is 305 g/mol. The van der Waals surface area contributed by atoms with Gasteiger partial charge in [-0.3, -0.25) is 0 Å². The van der Waals surface area contributed by atoms with Gasteiger partial charge in [0.15, 0.2) is 0 Å². The van der Waals surface area contributed by atoms with Gasteiger partial charge in [-0.15, -0.1) is 0 Å². The van der Waals surface area contributed by atoms with Crippen molar-refractivity contribution in [1.29, 1.82) is 0 Å². The van der Waals surface area contributed by atoms with Crippen molar-refractivity contribution < 1.29 is 18.0 Å². The molecule has 1 unspecified atom stereocenters. The highest BCUT2D eigenvalue weighted by molar-refractivity contribution is 6.30. The zero-order valence-corrected chi connectivity index (χ0v) is 12.3. The quantitative estimate of drug-likeness (QED) is 0.804. The van der Waals surface area contributed by atoms with Crippen LogP contribution in [0.15, 0.2) is 18.2 Å². The van der Waals surface area contributed by atoms with Crippen LogP contribution >= 0.6 is 11.6 Å². The van der Waals surface area contributed by atoms with E-state index >= 15 is 0 Å². The van der Waals surface area contributed by atoms with Crippen LogP contribution in [0.4, 0.5) is 23.7 Å². The van der Waals surface area contributed by atoms with E-state index in [4.69, 9.17) is 11.6 Å². The zero-order chi connectivity index (χ0) is 15.6. The summed E-state index contributed by atoms with van der Waals surface area (Å²) in [5.74, 6) is 0.358. The van der Waals surface area contributed by atoms with Crippen LogP contribution in [-0.2, 0) is 6.18 Å². The highest BCUT2D eigenvalue weighted by Gasteiger charge is 2.34. The molecule has 1 atom stereocenters. The SMILES string of the molecule is CC1CCCN(C(=O)Nc2ccc(Cl)cc2C(F)(F)F)C1. The average Bonchev–Trinajstić information content (AvgIpc) is 2.39. The molecule has 116 valence electrons. The number of anilines is 1. The molecule has 1 N–H and O–H groups in total. The second kappa shape index (κ2) is 6.13. The summed E-state index contributed by atoms with van der Waals surface area (Å²) in [6.07, 6.45) is -2.68. The van der Waals surface area contributed by atoms with Crippen molar-refractivity contribution in [3.8, 4) is 0 Å². The Morgan fingerprint density at radius 3 is 2.76 bits per heavy atom. The Morgan fingerprint density at radius 1 is 1.43 bits per heavy atom. The molecule has 0 aliphatic carbocycles. The standard InChI is InChI=1S/C14H16ClF3N2O/c1-9-3-2-6-20(8-9)13(21)19-12-5-4-10(15)7-11(12)14(16,17)18/h4-5,7,9H,2-3,6,8H2,1H3,(H,19,21). The van der Waals surface area contributed by atoms with Crippen molar-refractivity contribution in [2.75, 3.05) is 18.4 Å². The Kier molecular flexibility index (Phi) is 4.66. The molecule has 3 nitrogen and oxygen atoms in total. The van der Waals surface area contributed by atoms with Crippen molar-refractivity contribution in [1.82, 2.24) is 4.90 Å². The first kappa shape index (κ1) is 15.9. The molecule has 1 aromatic carbocycles. The molecule has 1 fully saturated rings. The van der Waals surface area contributed by atoms with Crippen LogP contribution in [0.1, 0.15) is 25.3 Å². The number of likely N-dealkylation sites (tertiary alicyclic amines) is 1. The van der Waals surface area contributed by atoms with Crippen LogP contribution in [0.25, 0.3) is 0 Å². The minimum atomic E-state index is -4.57. The van der Waals surface area contributed by atoms with Crippen LogP contribution in [0.3, 0.4) is 0 Å². The number of alkyl halides is 3. The van der Waals surface area contributed by atoms with Crippen molar-refractivity contribution in [3.05, 3.63) is 28.8 Å². The summed E-state index contributed by atoms with van der Waals surface area (Å²) in [6, 6.07) is 2.81. The molecule has 0 radical (unpaired) electrons. The summed E-state index contributed by atoms with van der Waals surface area (Å²) in [5.41, 5.74) is -1.21. The molecule has 21 heavy (non-hydrogen) atoms. The van der Waals surface area contributed by atoms with Crippen LogP contribution in [0.5, 0.6) is 0 Å². The number of urea groups is 1. The first-order valence-electron chi connectivity index (χ1n) is 6.70. The lowest BCUT2D eigenvalue weighted by molar-refractivity contribution is -0.136. The second-order valence-electron chi connectivity index (χ2n) is 5.31. The van der Waals surface area contributed by atoms with Gasteiger partial charge in [0, 0.05) is 18.1 Å². The van der Waals surface area contributed by atoms with E-state index in [1.54, 1.807) is 4.90 Å². The monoisotopic (exact) mass is 320 g/mol. The largest absolute Gasteiger partial charge is 0.418 e. The Hall–Kier alpha value is -1.43. The van der Waals surface area contributed by atoms with E-state index in [0.717, 1.165) is 18.9 Å². The van der Waals surface area contributed by atoms with Gasteiger partial charge in [-0.05, 0) is 37.0 Å². The Balaban J connectivity index is 2.17. The van der Waals surface area contributed by atoms with E-state index in [9.17, 15) is 18.0 Å². The topological polar surface area (TPSA) is 32.3 Å². The Morgan fingerprint density at radius 2 is 2.14 bits per heavy atom. The smallest absolute Gasteiger partial charge is 0.324 e. The predicted molar refractivity (Wildman–Crippen MR) is 75.4 cm³/mol. The van der Waals surface area contributed by atoms with Crippen LogP contribution in [-0.4, -0.2) is 24.0 Å². The molecule has 1 aromatic rings. The molecule has 1 aliphatic rings. The highest BCUT2D eigenvalue weighted by atomic mass is 35.5. The highest BCUT2D eigenvalue weighted by Crippen LogP contribution is 2.36. The average molecular weight is 321 g/mol. The fourth-order valence-electron chi connectivity index (χ4n) is 2.43. The van der Waals surface area contributed by atoms with Crippen molar-refractivity contribution in [2.24, 2.45) is 5.92 Å². The van der Waals surface area contributed by atoms with Gasteiger partial charge >= 0.3 is 12.2 Å². The van der Waals surface area contributed by atoms with Crippen molar-refractivity contribution >= 4 is 23.3 Å². The number of amides is 2. The van der Waals surface area contributed by atoms with Crippen LogP contribution in [0.2, 0.25) is 5.02 Å². The van der Waals surface area contributed by atoms with Gasteiger partial charge in [-0.2, -0.15) is 13.2 Å². The maximum Gasteiger partial charge on any atom is 0.418 e. The third-order valence-electron chi connectivity index (χ3n) is 3.47. The first-order chi connectivity index (χ1) is 9.77. The number of hydrogen-bond donors (Lipinski definition) is 1. The van der Waals surface area contributed by atoms with Crippen LogP contribution in [0, 0.1) is 5.92 Å². The molecule has 2 rings (SSSR count). The third-order valence-corrected chi connectivity index (χ3v) is 3.71. The number of carbonyl (C=O) groups is 1. The fourth-order valence-corrected chi connectivity index (χ4v) is 2.60. The minimum absolute atomic E-state index is 0.0214. The molecule has 7 heteroatoms. The number of nitrogens with one attached hydrogen (secondary N) is 1. The number of rotatable bonds is 1. The molecule has 1 saturated heterocycles. The van der Waals surface area contributed by atoms with E-state index < -0.39 is 17.8 Å². The Labute approximate surface area is 126 Å². The maximum atomic E-state index is 13.0. The lowest BCUT2D eigenvalue weighted by atomic mass is 10.0.